The van der Waals surface area contributed by atoms with E-state index in [0.717, 1.165) is 5.92 Å². The lowest BCUT2D eigenvalue weighted by molar-refractivity contribution is 0.538. The van der Waals surface area contributed by atoms with Gasteiger partial charge in [0.15, 0.2) is 0 Å². The van der Waals surface area contributed by atoms with Crippen molar-refractivity contribution in [1.29, 1.82) is 0 Å². The van der Waals surface area contributed by atoms with Gasteiger partial charge >= 0.3 is 0 Å². The maximum atomic E-state index is 2.30. The molecule has 0 saturated heterocycles. The summed E-state index contributed by atoms with van der Waals surface area (Å²) in [6.07, 6.45) is 9.29. The first-order valence-corrected chi connectivity index (χ1v) is 4.60. The molecule has 1 radical (unpaired) electrons. The van der Waals surface area contributed by atoms with Crippen LogP contribution in [0.2, 0.25) is 0 Å². The lowest BCUT2D eigenvalue weighted by Crippen LogP contribution is -1.91. The minimum atomic E-state index is 0.830. The van der Waals surface area contributed by atoms with Crippen molar-refractivity contribution in [2.45, 2.75) is 52.9 Å². The third kappa shape index (κ3) is 6.12. The van der Waals surface area contributed by atoms with Gasteiger partial charge in [-0.15, -0.1) is 0 Å². The number of unbranched alkanes of at least 4 members (excludes halogenated alkanes) is 3. The Morgan fingerprint density at radius 1 is 1.20 bits per heavy atom. The molecular weight excluding hydrogens is 120 g/mol. The fraction of sp³-hybridized carbons (Fsp3) is 0.900. The first kappa shape index (κ1) is 10.0. The van der Waals surface area contributed by atoms with Gasteiger partial charge in [-0.05, 0) is 12.3 Å². The molecule has 0 heterocycles. The van der Waals surface area contributed by atoms with Gasteiger partial charge in [-0.2, -0.15) is 0 Å². The molecule has 0 rings (SSSR count). The molecule has 0 aliphatic rings. The summed E-state index contributed by atoms with van der Waals surface area (Å²) < 4.78 is 0. The van der Waals surface area contributed by atoms with Crippen molar-refractivity contribution < 1.29 is 0 Å². The average molecular weight is 141 g/mol. The second-order valence-corrected chi connectivity index (χ2v) is 3.16. The molecule has 1 unspecified atom stereocenters. The van der Waals surface area contributed by atoms with E-state index < -0.39 is 0 Å². The van der Waals surface area contributed by atoms with Crippen molar-refractivity contribution >= 4 is 0 Å². The van der Waals surface area contributed by atoms with Gasteiger partial charge in [0.2, 0.25) is 0 Å². The third-order valence-electron chi connectivity index (χ3n) is 2.08. The first-order valence-electron chi connectivity index (χ1n) is 4.60. The van der Waals surface area contributed by atoms with Gasteiger partial charge in [0.25, 0.3) is 0 Å². The van der Waals surface area contributed by atoms with E-state index in [1.807, 2.05) is 0 Å². The zero-order valence-corrected chi connectivity index (χ0v) is 7.69. The highest BCUT2D eigenvalue weighted by Crippen LogP contribution is 2.11. The molecule has 0 aliphatic heterocycles. The lowest BCUT2D eigenvalue weighted by atomic mass is 10.0. The number of hydrogen-bond acceptors (Lipinski definition) is 0. The highest BCUT2D eigenvalue weighted by Gasteiger charge is 1.96. The zero-order chi connectivity index (χ0) is 7.82. The van der Waals surface area contributed by atoms with Crippen LogP contribution in [0, 0.1) is 12.3 Å². The Hall–Kier alpha value is 0. The predicted molar refractivity (Wildman–Crippen MR) is 47.9 cm³/mol. The first-order chi connectivity index (χ1) is 4.81. The van der Waals surface area contributed by atoms with Gasteiger partial charge in [0, 0.05) is 0 Å². The maximum absolute atomic E-state index is 2.30. The van der Waals surface area contributed by atoms with Gasteiger partial charge in [0.05, 0.1) is 0 Å². The van der Waals surface area contributed by atoms with Crippen LogP contribution in [-0.4, -0.2) is 0 Å². The van der Waals surface area contributed by atoms with Crippen molar-refractivity contribution in [3.63, 3.8) is 0 Å². The zero-order valence-electron chi connectivity index (χ0n) is 7.69. The van der Waals surface area contributed by atoms with Crippen LogP contribution in [0.3, 0.4) is 0 Å². The van der Waals surface area contributed by atoms with E-state index in [-0.39, 0.29) is 0 Å². The smallest absolute Gasteiger partial charge is 0.0389 e. The van der Waals surface area contributed by atoms with Gasteiger partial charge in [0.1, 0.15) is 0 Å². The minimum absolute atomic E-state index is 0.830. The molecule has 0 aromatic carbocycles. The third-order valence-corrected chi connectivity index (χ3v) is 2.08. The Kier molecular flexibility index (Phi) is 7.11. The second kappa shape index (κ2) is 7.11. The molecule has 0 heteroatoms. The Morgan fingerprint density at radius 2 is 1.90 bits per heavy atom. The Labute approximate surface area is 66.0 Å². The summed E-state index contributed by atoms with van der Waals surface area (Å²) in [6, 6.07) is 0. The van der Waals surface area contributed by atoms with E-state index in [1.165, 1.54) is 32.1 Å². The van der Waals surface area contributed by atoms with Crippen LogP contribution in [-0.2, 0) is 0 Å². The number of rotatable bonds is 6. The van der Waals surface area contributed by atoms with Crippen LogP contribution in [0.1, 0.15) is 52.9 Å². The molecule has 61 valence electrons. The predicted octanol–water partition coefficient (Wildman–Crippen LogP) is 3.82. The molecular formula is C10H21. The summed E-state index contributed by atoms with van der Waals surface area (Å²) >= 11 is 0. The Balaban J connectivity index is 2.89. The summed E-state index contributed by atoms with van der Waals surface area (Å²) in [7, 11) is 0. The molecule has 0 amide bonds. The largest absolute Gasteiger partial charge is 0.0654 e. The Bertz CT molecular complexity index is 57.1. The SMILES string of the molecule is C[CH]C(C)CCCCCC. The van der Waals surface area contributed by atoms with E-state index in [0.29, 0.717) is 0 Å². The molecule has 10 heavy (non-hydrogen) atoms. The summed E-state index contributed by atoms with van der Waals surface area (Å²) in [5.41, 5.74) is 0. The van der Waals surface area contributed by atoms with Gasteiger partial charge in [-0.25, -0.2) is 0 Å². The highest BCUT2D eigenvalue weighted by molar-refractivity contribution is 4.65. The second-order valence-electron chi connectivity index (χ2n) is 3.16. The summed E-state index contributed by atoms with van der Waals surface area (Å²) in [5, 5.41) is 0. The van der Waals surface area contributed by atoms with Crippen molar-refractivity contribution in [2.75, 3.05) is 0 Å². The fourth-order valence-corrected chi connectivity index (χ4v) is 1.06. The molecule has 0 spiro atoms. The quantitative estimate of drug-likeness (QED) is 0.493. The highest BCUT2D eigenvalue weighted by atomic mass is 14.0. The molecule has 0 saturated carbocycles. The van der Waals surface area contributed by atoms with Gasteiger partial charge in [-0.1, -0.05) is 52.9 Å². The molecule has 0 aromatic rings. The van der Waals surface area contributed by atoms with E-state index in [9.17, 15) is 0 Å². The van der Waals surface area contributed by atoms with E-state index in [2.05, 4.69) is 27.2 Å². The molecule has 0 fully saturated rings. The molecule has 0 nitrogen and oxygen atoms in total. The Morgan fingerprint density at radius 3 is 2.40 bits per heavy atom. The molecule has 1 atom stereocenters. The summed E-state index contributed by atoms with van der Waals surface area (Å²) in [5.74, 6) is 0.830. The normalized spacial score (nSPS) is 13.5. The average Bonchev–Trinajstić information content (AvgIpc) is 1.98. The molecule has 0 N–H and O–H groups in total. The van der Waals surface area contributed by atoms with E-state index in [4.69, 9.17) is 0 Å². The standard InChI is InChI=1S/C10H21/c1-4-6-7-8-9-10(3)5-2/h5,10H,4,6-9H2,1-3H3. The summed E-state index contributed by atoms with van der Waals surface area (Å²) in [6.45, 7) is 6.71. The molecule has 0 aromatic heterocycles. The van der Waals surface area contributed by atoms with Crippen LogP contribution in [0.15, 0.2) is 0 Å². The van der Waals surface area contributed by atoms with Crippen LogP contribution >= 0.6 is 0 Å². The molecule has 0 bridgehead atoms. The van der Waals surface area contributed by atoms with Gasteiger partial charge < -0.3 is 0 Å². The number of hydrogen-bond donors (Lipinski definition) is 0. The summed E-state index contributed by atoms with van der Waals surface area (Å²) in [4.78, 5) is 0. The van der Waals surface area contributed by atoms with Crippen molar-refractivity contribution in [3.05, 3.63) is 6.42 Å². The topological polar surface area (TPSA) is 0 Å². The lowest BCUT2D eigenvalue weighted by Gasteiger charge is -2.05. The fourth-order valence-electron chi connectivity index (χ4n) is 1.06. The van der Waals surface area contributed by atoms with Crippen LogP contribution in [0.4, 0.5) is 0 Å². The molecule has 0 aliphatic carbocycles. The monoisotopic (exact) mass is 141 g/mol. The van der Waals surface area contributed by atoms with E-state index >= 15 is 0 Å². The minimum Gasteiger partial charge on any atom is -0.0654 e. The van der Waals surface area contributed by atoms with Crippen LogP contribution < -0.4 is 0 Å². The van der Waals surface area contributed by atoms with E-state index in [1.54, 1.807) is 0 Å². The van der Waals surface area contributed by atoms with Crippen LogP contribution in [0.5, 0.6) is 0 Å². The van der Waals surface area contributed by atoms with Gasteiger partial charge in [-0.3, -0.25) is 0 Å². The van der Waals surface area contributed by atoms with Crippen molar-refractivity contribution in [3.8, 4) is 0 Å². The maximum Gasteiger partial charge on any atom is -0.0389 e. The van der Waals surface area contributed by atoms with Crippen molar-refractivity contribution in [1.82, 2.24) is 0 Å². The van der Waals surface area contributed by atoms with Crippen LogP contribution in [0.25, 0.3) is 0 Å². The van der Waals surface area contributed by atoms with Crippen molar-refractivity contribution in [2.24, 2.45) is 5.92 Å².